The number of nitrogens with two attached hydrogens (primary N) is 1. The second-order valence-corrected chi connectivity index (χ2v) is 4.53. The summed E-state index contributed by atoms with van der Waals surface area (Å²) in [7, 11) is 0. The van der Waals surface area contributed by atoms with Gasteiger partial charge in [-0.15, -0.1) is 0 Å². The molecule has 0 saturated carbocycles. The lowest BCUT2D eigenvalue weighted by atomic mass is 10.1. The number of anilines is 1. The predicted octanol–water partition coefficient (Wildman–Crippen LogP) is 2.43. The van der Waals surface area contributed by atoms with Crippen molar-refractivity contribution in [2.24, 2.45) is 0 Å². The van der Waals surface area contributed by atoms with E-state index in [9.17, 15) is 4.79 Å². The standard InChI is InChI=1S/C12H15ClN2O/c13-11-5-4-10(14)7-9(11)8-15-6-2-1-3-12(15)16/h4-5,7H,1-3,6,8,14H2. The van der Waals surface area contributed by atoms with E-state index in [1.54, 1.807) is 12.1 Å². The molecule has 0 aliphatic carbocycles. The van der Waals surface area contributed by atoms with Gasteiger partial charge >= 0.3 is 0 Å². The molecule has 1 saturated heterocycles. The number of nitrogen functional groups attached to an aromatic ring is 1. The molecule has 1 heterocycles. The molecule has 0 aromatic heterocycles. The highest BCUT2D eigenvalue weighted by Gasteiger charge is 2.18. The van der Waals surface area contributed by atoms with Gasteiger partial charge in [-0.05, 0) is 36.6 Å². The van der Waals surface area contributed by atoms with Crippen molar-refractivity contribution >= 4 is 23.2 Å². The van der Waals surface area contributed by atoms with Crippen LogP contribution in [0.2, 0.25) is 5.02 Å². The highest BCUT2D eigenvalue weighted by atomic mass is 35.5. The lowest BCUT2D eigenvalue weighted by Gasteiger charge is -2.27. The molecular formula is C12H15ClN2O. The molecule has 1 fully saturated rings. The van der Waals surface area contributed by atoms with Crippen LogP contribution in [0.4, 0.5) is 5.69 Å². The van der Waals surface area contributed by atoms with Crippen molar-refractivity contribution in [1.29, 1.82) is 0 Å². The van der Waals surface area contributed by atoms with E-state index in [1.807, 2.05) is 11.0 Å². The van der Waals surface area contributed by atoms with Gasteiger partial charge in [-0.25, -0.2) is 0 Å². The maximum atomic E-state index is 11.6. The quantitative estimate of drug-likeness (QED) is 0.805. The number of carbonyl (C=O) groups excluding carboxylic acids is 1. The lowest BCUT2D eigenvalue weighted by molar-refractivity contribution is -0.133. The summed E-state index contributed by atoms with van der Waals surface area (Å²) in [5.74, 6) is 0.213. The summed E-state index contributed by atoms with van der Waals surface area (Å²) in [5.41, 5.74) is 7.32. The Balaban J connectivity index is 2.13. The fourth-order valence-electron chi connectivity index (χ4n) is 1.95. The first kappa shape index (κ1) is 11.3. The van der Waals surface area contributed by atoms with Gasteiger partial charge in [0.05, 0.1) is 0 Å². The van der Waals surface area contributed by atoms with Crippen molar-refractivity contribution in [3.05, 3.63) is 28.8 Å². The maximum absolute atomic E-state index is 11.6. The van der Waals surface area contributed by atoms with Gasteiger partial charge in [-0.3, -0.25) is 4.79 Å². The van der Waals surface area contributed by atoms with Gasteiger partial charge in [0.2, 0.25) is 5.91 Å². The third kappa shape index (κ3) is 2.47. The Morgan fingerprint density at radius 3 is 2.94 bits per heavy atom. The smallest absolute Gasteiger partial charge is 0.222 e. The van der Waals surface area contributed by atoms with Crippen LogP contribution in [0.25, 0.3) is 0 Å². The third-order valence-electron chi connectivity index (χ3n) is 2.85. The molecule has 0 bridgehead atoms. The van der Waals surface area contributed by atoms with Crippen molar-refractivity contribution < 1.29 is 4.79 Å². The van der Waals surface area contributed by atoms with Gasteiger partial charge in [0, 0.05) is 30.2 Å². The molecule has 0 unspecified atom stereocenters. The molecule has 1 aromatic carbocycles. The van der Waals surface area contributed by atoms with Crippen LogP contribution in [-0.4, -0.2) is 17.4 Å². The molecule has 0 spiro atoms. The molecule has 1 aromatic rings. The summed E-state index contributed by atoms with van der Waals surface area (Å²) in [6.45, 7) is 1.40. The maximum Gasteiger partial charge on any atom is 0.222 e. The first-order chi connectivity index (χ1) is 7.66. The third-order valence-corrected chi connectivity index (χ3v) is 3.22. The molecule has 3 nitrogen and oxygen atoms in total. The predicted molar refractivity (Wildman–Crippen MR) is 65.1 cm³/mol. The molecule has 16 heavy (non-hydrogen) atoms. The SMILES string of the molecule is Nc1ccc(Cl)c(CN2CCCCC2=O)c1. The van der Waals surface area contributed by atoms with Crippen LogP contribution in [-0.2, 0) is 11.3 Å². The van der Waals surface area contributed by atoms with Crippen LogP contribution >= 0.6 is 11.6 Å². The number of hydrogen-bond acceptors (Lipinski definition) is 2. The molecule has 4 heteroatoms. The first-order valence-electron chi connectivity index (χ1n) is 5.48. The Morgan fingerprint density at radius 2 is 2.19 bits per heavy atom. The summed E-state index contributed by atoms with van der Waals surface area (Å²) in [6, 6.07) is 5.38. The second-order valence-electron chi connectivity index (χ2n) is 4.12. The fourth-order valence-corrected chi connectivity index (χ4v) is 2.13. The van der Waals surface area contributed by atoms with Gasteiger partial charge in [-0.2, -0.15) is 0 Å². The van der Waals surface area contributed by atoms with Gasteiger partial charge in [-0.1, -0.05) is 11.6 Å². The molecule has 0 radical (unpaired) electrons. The number of hydrogen-bond donors (Lipinski definition) is 1. The number of rotatable bonds is 2. The minimum absolute atomic E-state index is 0.213. The number of piperidine rings is 1. The second kappa shape index (κ2) is 4.74. The van der Waals surface area contributed by atoms with Crippen LogP contribution in [0.1, 0.15) is 24.8 Å². The molecule has 0 atom stereocenters. The average molecular weight is 239 g/mol. The van der Waals surface area contributed by atoms with Crippen molar-refractivity contribution in [3.63, 3.8) is 0 Å². The number of halogens is 1. The normalized spacial score (nSPS) is 16.6. The number of carbonyl (C=O) groups is 1. The minimum Gasteiger partial charge on any atom is -0.399 e. The summed E-state index contributed by atoms with van der Waals surface area (Å²) in [5, 5.41) is 0.674. The molecule has 1 aliphatic heterocycles. The Morgan fingerprint density at radius 1 is 1.38 bits per heavy atom. The zero-order valence-corrected chi connectivity index (χ0v) is 9.83. The fraction of sp³-hybridized carbons (Fsp3) is 0.417. The van der Waals surface area contributed by atoms with E-state index in [-0.39, 0.29) is 5.91 Å². The number of benzene rings is 1. The Hall–Kier alpha value is -1.22. The van der Waals surface area contributed by atoms with Crippen LogP contribution in [0, 0.1) is 0 Å². The molecule has 86 valence electrons. The van der Waals surface area contributed by atoms with E-state index in [0.29, 0.717) is 23.7 Å². The average Bonchev–Trinajstić information content (AvgIpc) is 2.27. The zero-order valence-electron chi connectivity index (χ0n) is 9.08. The van der Waals surface area contributed by atoms with E-state index in [2.05, 4.69) is 0 Å². The van der Waals surface area contributed by atoms with Gasteiger partial charge in [0.15, 0.2) is 0 Å². The lowest BCUT2D eigenvalue weighted by Crippen LogP contribution is -2.34. The van der Waals surface area contributed by atoms with Crippen molar-refractivity contribution in [2.75, 3.05) is 12.3 Å². The van der Waals surface area contributed by atoms with Crippen LogP contribution in [0.3, 0.4) is 0 Å². The minimum atomic E-state index is 0.213. The summed E-state index contributed by atoms with van der Waals surface area (Å²) in [6.07, 6.45) is 2.73. The number of likely N-dealkylation sites (tertiary alicyclic amines) is 1. The number of amides is 1. The molecular weight excluding hydrogens is 224 g/mol. The molecule has 2 rings (SSSR count). The number of nitrogens with zero attached hydrogens (tertiary/aromatic N) is 1. The van der Waals surface area contributed by atoms with Crippen LogP contribution in [0.5, 0.6) is 0 Å². The van der Waals surface area contributed by atoms with Crippen molar-refractivity contribution in [2.45, 2.75) is 25.8 Å². The van der Waals surface area contributed by atoms with Crippen molar-refractivity contribution in [1.82, 2.24) is 4.90 Å². The van der Waals surface area contributed by atoms with Crippen molar-refractivity contribution in [3.8, 4) is 0 Å². The van der Waals surface area contributed by atoms with Gasteiger partial charge in [0.1, 0.15) is 0 Å². The van der Waals surface area contributed by atoms with E-state index < -0.39 is 0 Å². The summed E-state index contributed by atoms with van der Waals surface area (Å²) >= 11 is 6.07. The first-order valence-corrected chi connectivity index (χ1v) is 5.86. The topological polar surface area (TPSA) is 46.3 Å². The van der Waals surface area contributed by atoms with Gasteiger partial charge in [0.25, 0.3) is 0 Å². The zero-order chi connectivity index (χ0) is 11.5. The van der Waals surface area contributed by atoms with Crippen LogP contribution < -0.4 is 5.73 Å². The Kier molecular flexibility index (Phi) is 3.34. The molecule has 1 amide bonds. The molecule has 1 aliphatic rings. The van der Waals surface area contributed by atoms with E-state index in [0.717, 1.165) is 24.9 Å². The van der Waals surface area contributed by atoms with E-state index in [1.165, 1.54) is 0 Å². The molecule has 2 N–H and O–H groups in total. The van der Waals surface area contributed by atoms with E-state index >= 15 is 0 Å². The largest absolute Gasteiger partial charge is 0.399 e. The van der Waals surface area contributed by atoms with E-state index in [4.69, 9.17) is 17.3 Å². The highest BCUT2D eigenvalue weighted by molar-refractivity contribution is 6.31. The monoisotopic (exact) mass is 238 g/mol. The Bertz CT molecular complexity index is 406. The van der Waals surface area contributed by atoms with Crippen LogP contribution in [0.15, 0.2) is 18.2 Å². The Labute approximate surface area is 100 Å². The van der Waals surface area contributed by atoms with Gasteiger partial charge < -0.3 is 10.6 Å². The summed E-state index contributed by atoms with van der Waals surface area (Å²) < 4.78 is 0. The highest BCUT2D eigenvalue weighted by Crippen LogP contribution is 2.22. The summed E-state index contributed by atoms with van der Waals surface area (Å²) in [4.78, 5) is 13.5.